The van der Waals surface area contributed by atoms with Crippen LogP contribution in [0.5, 0.6) is 0 Å². The van der Waals surface area contributed by atoms with Crippen molar-refractivity contribution in [1.82, 2.24) is 9.55 Å². The second-order valence-corrected chi connectivity index (χ2v) is 8.90. The number of anilines is 3. The summed E-state index contributed by atoms with van der Waals surface area (Å²) in [6.07, 6.45) is 0.843. The van der Waals surface area contributed by atoms with Crippen molar-refractivity contribution < 1.29 is 14.3 Å². The molecule has 1 aromatic heterocycles. The number of aromatic nitrogens is 2. The Bertz CT molecular complexity index is 1380. The van der Waals surface area contributed by atoms with Crippen LogP contribution in [0.4, 0.5) is 17.2 Å². The van der Waals surface area contributed by atoms with E-state index in [-0.39, 0.29) is 48.6 Å². The van der Waals surface area contributed by atoms with Gasteiger partial charge in [-0.25, -0.2) is 4.79 Å². The van der Waals surface area contributed by atoms with Crippen molar-refractivity contribution in [2.45, 2.75) is 19.9 Å². The fourth-order valence-electron chi connectivity index (χ4n) is 4.07. The van der Waals surface area contributed by atoms with E-state index in [0.717, 1.165) is 12.0 Å². The molecule has 2 atom stereocenters. The molecular formula is C26H29N5O5. The molecule has 10 heteroatoms. The van der Waals surface area contributed by atoms with Crippen LogP contribution in [-0.4, -0.2) is 41.6 Å². The maximum absolute atomic E-state index is 13.6. The second kappa shape index (κ2) is 10.6. The Labute approximate surface area is 207 Å². The Morgan fingerprint density at radius 3 is 2.56 bits per heavy atom. The predicted octanol–water partition coefficient (Wildman–Crippen LogP) is 2.05. The quantitative estimate of drug-likeness (QED) is 0.419. The third-order valence-electron chi connectivity index (χ3n) is 6.26. The molecule has 4 rings (SSSR count). The van der Waals surface area contributed by atoms with Gasteiger partial charge in [0.25, 0.3) is 11.5 Å². The Kier molecular flexibility index (Phi) is 7.35. The maximum atomic E-state index is 13.6. The van der Waals surface area contributed by atoms with Crippen LogP contribution in [0.25, 0.3) is 0 Å². The number of benzene rings is 2. The standard InChI is InChI=1S/C26H29N5O5/c1-16-13-20(16)23(32)28-19-10-6-9-18(14-19)25(34)30(11-12-36-2)21-22(27)31(26(35)29-24(21)33)15-17-7-4-3-5-8-17/h3-10,14,16,20H,11-13,15,27H2,1-2H3,(H,28,32)(H,29,33,35). The van der Waals surface area contributed by atoms with Crippen LogP contribution in [0.15, 0.2) is 64.2 Å². The molecule has 36 heavy (non-hydrogen) atoms. The predicted molar refractivity (Wildman–Crippen MR) is 137 cm³/mol. The SMILES string of the molecule is COCCN(C(=O)c1cccc(NC(=O)C2CC2C)c1)c1c(N)n(Cc2ccccc2)c(=O)[nH]c1=O. The molecule has 0 spiro atoms. The highest BCUT2D eigenvalue weighted by Crippen LogP contribution is 2.38. The molecule has 4 N–H and O–H groups in total. The Morgan fingerprint density at radius 1 is 1.17 bits per heavy atom. The molecule has 1 saturated carbocycles. The first-order valence-corrected chi connectivity index (χ1v) is 11.7. The van der Waals surface area contributed by atoms with Gasteiger partial charge >= 0.3 is 5.69 Å². The van der Waals surface area contributed by atoms with Gasteiger partial charge in [-0.2, -0.15) is 0 Å². The molecule has 0 aliphatic heterocycles. The lowest BCUT2D eigenvalue weighted by Crippen LogP contribution is -2.42. The number of methoxy groups -OCH3 is 1. The van der Waals surface area contributed by atoms with Gasteiger partial charge in [-0.15, -0.1) is 0 Å². The number of nitrogens with zero attached hydrogens (tertiary/aromatic N) is 2. The number of aromatic amines is 1. The highest BCUT2D eigenvalue weighted by molar-refractivity contribution is 6.08. The molecule has 0 bridgehead atoms. The molecule has 2 unspecified atom stereocenters. The summed E-state index contributed by atoms with van der Waals surface area (Å²) in [6, 6.07) is 15.6. The van der Waals surface area contributed by atoms with Gasteiger partial charge in [0.1, 0.15) is 5.82 Å². The molecule has 188 valence electrons. The number of hydrogen-bond donors (Lipinski definition) is 3. The smallest absolute Gasteiger partial charge is 0.330 e. The van der Waals surface area contributed by atoms with Gasteiger partial charge in [-0.05, 0) is 36.1 Å². The summed E-state index contributed by atoms with van der Waals surface area (Å²) < 4.78 is 6.37. The summed E-state index contributed by atoms with van der Waals surface area (Å²) in [6.45, 7) is 2.26. The molecule has 3 aromatic rings. The molecule has 1 aliphatic carbocycles. The van der Waals surface area contributed by atoms with Gasteiger partial charge in [0.05, 0.1) is 13.2 Å². The van der Waals surface area contributed by atoms with Crippen LogP contribution >= 0.6 is 0 Å². The first-order valence-electron chi connectivity index (χ1n) is 11.7. The minimum atomic E-state index is -0.779. The van der Waals surface area contributed by atoms with Crippen LogP contribution in [0.1, 0.15) is 29.3 Å². The van der Waals surface area contributed by atoms with E-state index in [9.17, 15) is 19.2 Å². The fraction of sp³-hybridized carbons (Fsp3) is 0.308. The largest absolute Gasteiger partial charge is 0.383 e. The average molecular weight is 492 g/mol. The van der Waals surface area contributed by atoms with E-state index < -0.39 is 17.2 Å². The summed E-state index contributed by atoms with van der Waals surface area (Å²) in [4.78, 5) is 54.9. The Hall–Kier alpha value is -4.18. The van der Waals surface area contributed by atoms with Crippen LogP contribution in [0.3, 0.4) is 0 Å². The van der Waals surface area contributed by atoms with Crippen molar-refractivity contribution in [3.8, 4) is 0 Å². The molecule has 2 amide bonds. The van der Waals surface area contributed by atoms with E-state index in [0.29, 0.717) is 11.6 Å². The topological polar surface area (TPSA) is 140 Å². The number of ether oxygens (including phenoxy) is 1. The minimum absolute atomic E-state index is 0.0162. The van der Waals surface area contributed by atoms with Crippen molar-refractivity contribution in [3.05, 3.63) is 86.6 Å². The second-order valence-electron chi connectivity index (χ2n) is 8.90. The number of nitrogens with two attached hydrogens (primary N) is 1. The number of H-pyrrole nitrogens is 1. The number of amides is 2. The highest BCUT2D eigenvalue weighted by Gasteiger charge is 2.39. The number of nitrogens with one attached hydrogen (secondary N) is 2. The summed E-state index contributed by atoms with van der Waals surface area (Å²) in [5.41, 5.74) is 6.24. The third-order valence-corrected chi connectivity index (χ3v) is 6.26. The lowest BCUT2D eigenvalue weighted by Gasteiger charge is -2.24. The fourth-order valence-corrected chi connectivity index (χ4v) is 4.07. The van der Waals surface area contributed by atoms with Gasteiger partial charge in [0, 0.05) is 30.8 Å². The van der Waals surface area contributed by atoms with Crippen LogP contribution in [0.2, 0.25) is 0 Å². The average Bonchev–Trinajstić information content (AvgIpc) is 3.61. The zero-order valence-corrected chi connectivity index (χ0v) is 20.2. The Balaban J connectivity index is 1.69. The summed E-state index contributed by atoms with van der Waals surface area (Å²) in [5, 5.41) is 2.85. The molecule has 1 aliphatic rings. The van der Waals surface area contributed by atoms with Crippen molar-refractivity contribution in [2.24, 2.45) is 11.8 Å². The summed E-state index contributed by atoms with van der Waals surface area (Å²) in [5.74, 6) is -0.418. The number of hydrogen-bond acceptors (Lipinski definition) is 6. The van der Waals surface area contributed by atoms with Crippen LogP contribution < -0.4 is 27.2 Å². The lowest BCUT2D eigenvalue weighted by molar-refractivity contribution is -0.117. The maximum Gasteiger partial charge on any atom is 0.330 e. The molecule has 0 saturated heterocycles. The van der Waals surface area contributed by atoms with Gasteiger partial charge in [-0.1, -0.05) is 43.3 Å². The van der Waals surface area contributed by atoms with Gasteiger partial charge in [0.15, 0.2) is 5.69 Å². The normalized spacial score (nSPS) is 16.4. The number of carbonyl (C=O) groups is 2. The van der Waals surface area contributed by atoms with Gasteiger partial charge in [0.2, 0.25) is 5.91 Å². The van der Waals surface area contributed by atoms with Crippen molar-refractivity contribution >= 4 is 29.0 Å². The van der Waals surface area contributed by atoms with E-state index in [1.165, 1.54) is 16.6 Å². The van der Waals surface area contributed by atoms with Crippen molar-refractivity contribution in [3.63, 3.8) is 0 Å². The molecule has 1 fully saturated rings. The zero-order chi connectivity index (χ0) is 25.8. The van der Waals surface area contributed by atoms with Gasteiger partial charge < -0.3 is 15.8 Å². The van der Waals surface area contributed by atoms with Crippen molar-refractivity contribution in [1.29, 1.82) is 0 Å². The Morgan fingerprint density at radius 2 is 1.89 bits per heavy atom. The molecule has 2 aromatic carbocycles. The minimum Gasteiger partial charge on any atom is -0.383 e. The molecule has 0 radical (unpaired) electrons. The van der Waals surface area contributed by atoms with E-state index in [4.69, 9.17) is 10.5 Å². The van der Waals surface area contributed by atoms with E-state index >= 15 is 0 Å². The van der Waals surface area contributed by atoms with Crippen molar-refractivity contribution in [2.75, 3.05) is 36.2 Å². The summed E-state index contributed by atoms with van der Waals surface area (Å²) >= 11 is 0. The summed E-state index contributed by atoms with van der Waals surface area (Å²) in [7, 11) is 1.47. The lowest BCUT2D eigenvalue weighted by atomic mass is 10.1. The third kappa shape index (κ3) is 5.38. The van der Waals surface area contributed by atoms with E-state index in [1.807, 2.05) is 37.3 Å². The number of nitrogen functional groups attached to an aromatic ring is 1. The highest BCUT2D eigenvalue weighted by atomic mass is 16.5. The number of rotatable bonds is 9. The monoisotopic (exact) mass is 491 g/mol. The molecular weight excluding hydrogens is 462 g/mol. The van der Waals surface area contributed by atoms with Gasteiger partial charge in [-0.3, -0.25) is 28.8 Å². The van der Waals surface area contributed by atoms with Crippen LogP contribution in [0, 0.1) is 11.8 Å². The first-order chi connectivity index (χ1) is 17.3. The van der Waals surface area contributed by atoms with E-state index in [2.05, 4.69) is 10.3 Å². The molecule has 1 heterocycles. The van der Waals surface area contributed by atoms with E-state index in [1.54, 1.807) is 24.3 Å². The first kappa shape index (κ1) is 24.9. The zero-order valence-electron chi connectivity index (χ0n) is 20.2. The van der Waals surface area contributed by atoms with Crippen LogP contribution in [-0.2, 0) is 16.1 Å². The molecule has 10 nitrogen and oxygen atoms in total. The number of carbonyl (C=O) groups excluding carboxylic acids is 2.